The van der Waals surface area contributed by atoms with Crippen molar-refractivity contribution in [2.75, 3.05) is 13.1 Å². The standard InChI is InChI=1S/C18H18N4S/c1-2-4-13(5-3-1)17-20-10-15(11-21-17)16-12-23-18(22-16)14-6-8-19-9-7-14/h1-5,10-12,14,19H,6-9H2. The smallest absolute Gasteiger partial charge is 0.159 e. The van der Waals surface area contributed by atoms with Crippen molar-refractivity contribution in [3.8, 4) is 22.6 Å². The second-order valence-electron chi connectivity index (χ2n) is 5.76. The Labute approximate surface area is 139 Å². The fraction of sp³-hybridized carbons (Fsp3) is 0.278. The van der Waals surface area contributed by atoms with Crippen LogP contribution in [0, 0.1) is 0 Å². The Bertz CT molecular complexity index is 761. The number of piperidine rings is 1. The van der Waals surface area contributed by atoms with Crippen LogP contribution in [0.2, 0.25) is 0 Å². The summed E-state index contributed by atoms with van der Waals surface area (Å²) >= 11 is 1.76. The predicted octanol–water partition coefficient (Wildman–Crippen LogP) is 3.73. The van der Waals surface area contributed by atoms with Crippen LogP contribution in [-0.2, 0) is 0 Å². The predicted molar refractivity (Wildman–Crippen MR) is 93.4 cm³/mol. The summed E-state index contributed by atoms with van der Waals surface area (Å²) in [7, 11) is 0. The van der Waals surface area contributed by atoms with Gasteiger partial charge in [0.2, 0.25) is 0 Å². The first-order valence-corrected chi connectivity index (χ1v) is 8.82. The zero-order valence-electron chi connectivity index (χ0n) is 12.8. The highest BCUT2D eigenvalue weighted by atomic mass is 32.1. The van der Waals surface area contributed by atoms with Crippen LogP contribution in [0.15, 0.2) is 48.1 Å². The second-order valence-corrected chi connectivity index (χ2v) is 6.65. The van der Waals surface area contributed by atoms with Crippen LogP contribution < -0.4 is 5.32 Å². The van der Waals surface area contributed by atoms with Gasteiger partial charge in [-0.05, 0) is 25.9 Å². The van der Waals surface area contributed by atoms with E-state index in [1.165, 1.54) is 17.8 Å². The first kappa shape index (κ1) is 14.5. The van der Waals surface area contributed by atoms with Gasteiger partial charge in [-0.15, -0.1) is 11.3 Å². The van der Waals surface area contributed by atoms with E-state index in [1.807, 2.05) is 42.7 Å². The molecule has 116 valence electrons. The second kappa shape index (κ2) is 6.56. The lowest BCUT2D eigenvalue weighted by atomic mass is 9.99. The molecular weight excluding hydrogens is 304 g/mol. The summed E-state index contributed by atoms with van der Waals surface area (Å²) in [6.07, 6.45) is 6.10. The number of benzene rings is 1. The molecule has 4 rings (SSSR count). The van der Waals surface area contributed by atoms with Crippen LogP contribution in [0.3, 0.4) is 0 Å². The lowest BCUT2D eigenvalue weighted by molar-refractivity contribution is 0.459. The van der Waals surface area contributed by atoms with E-state index in [-0.39, 0.29) is 0 Å². The number of nitrogens with zero attached hydrogens (tertiary/aromatic N) is 3. The summed E-state index contributed by atoms with van der Waals surface area (Å²) in [6, 6.07) is 10.0. The first-order chi connectivity index (χ1) is 11.4. The fourth-order valence-electron chi connectivity index (χ4n) is 2.87. The highest BCUT2D eigenvalue weighted by molar-refractivity contribution is 7.10. The van der Waals surface area contributed by atoms with Gasteiger partial charge in [0.25, 0.3) is 0 Å². The number of hydrogen-bond donors (Lipinski definition) is 1. The molecule has 2 aromatic heterocycles. The minimum atomic E-state index is 0.597. The molecule has 1 N–H and O–H groups in total. The molecular formula is C18H18N4S. The molecule has 23 heavy (non-hydrogen) atoms. The van der Waals surface area contributed by atoms with Crippen LogP contribution in [0.1, 0.15) is 23.8 Å². The Kier molecular flexibility index (Phi) is 4.13. The van der Waals surface area contributed by atoms with E-state index in [0.29, 0.717) is 5.92 Å². The maximum Gasteiger partial charge on any atom is 0.159 e. The van der Waals surface area contributed by atoms with Crippen LogP contribution >= 0.6 is 11.3 Å². The number of thiazole rings is 1. The van der Waals surface area contributed by atoms with E-state index in [1.54, 1.807) is 11.3 Å². The van der Waals surface area contributed by atoms with Gasteiger partial charge in [-0.3, -0.25) is 0 Å². The monoisotopic (exact) mass is 322 g/mol. The van der Waals surface area contributed by atoms with Gasteiger partial charge in [0, 0.05) is 34.8 Å². The molecule has 1 fully saturated rings. The topological polar surface area (TPSA) is 50.7 Å². The number of nitrogens with one attached hydrogen (secondary N) is 1. The van der Waals surface area contributed by atoms with E-state index in [0.717, 1.165) is 35.7 Å². The number of hydrogen-bond acceptors (Lipinski definition) is 5. The van der Waals surface area contributed by atoms with Crippen LogP contribution in [-0.4, -0.2) is 28.0 Å². The molecule has 1 saturated heterocycles. The number of aromatic nitrogens is 3. The summed E-state index contributed by atoms with van der Waals surface area (Å²) in [5.74, 6) is 1.35. The SMILES string of the molecule is c1ccc(-c2ncc(-c3csc(C4CCNCC4)n3)cn2)cc1. The van der Waals surface area contributed by atoms with Gasteiger partial charge in [-0.1, -0.05) is 30.3 Å². The van der Waals surface area contributed by atoms with Gasteiger partial charge in [-0.25, -0.2) is 15.0 Å². The molecule has 0 amide bonds. The van der Waals surface area contributed by atoms with Crippen molar-refractivity contribution in [1.82, 2.24) is 20.3 Å². The third kappa shape index (κ3) is 3.16. The van der Waals surface area contributed by atoms with E-state index >= 15 is 0 Å². The molecule has 0 spiro atoms. The Balaban J connectivity index is 1.55. The van der Waals surface area contributed by atoms with Crippen molar-refractivity contribution >= 4 is 11.3 Å². The highest BCUT2D eigenvalue weighted by Crippen LogP contribution is 2.31. The molecule has 1 aliphatic heterocycles. The molecule has 3 aromatic rings. The molecule has 0 saturated carbocycles. The molecule has 4 nitrogen and oxygen atoms in total. The third-order valence-corrected chi connectivity index (χ3v) is 5.20. The first-order valence-electron chi connectivity index (χ1n) is 7.94. The quantitative estimate of drug-likeness (QED) is 0.798. The molecule has 0 aliphatic carbocycles. The van der Waals surface area contributed by atoms with Crippen LogP contribution in [0.25, 0.3) is 22.6 Å². The van der Waals surface area contributed by atoms with Gasteiger partial charge in [0.05, 0.1) is 10.7 Å². The van der Waals surface area contributed by atoms with Gasteiger partial charge in [0.1, 0.15) is 0 Å². The molecule has 1 aliphatic rings. The molecule has 0 radical (unpaired) electrons. The van der Waals surface area contributed by atoms with E-state index in [2.05, 4.69) is 20.7 Å². The minimum Gasteiger partial charge on any atom is -0.317 e. The van der Waals surface area contributed by atoms with Crippen molar-refractivity contribution < 1.29 is 0 Å². The fourth-order valence-corrected chi connectivity index (χ4v) is 3.87. The van der Waals surface area contributed by atoms with Crippen molar-refractivity contribution in [2.24, 2.45) is 0 Å². The summed E-state index contributed by atoms with van der Waals surface area (Å²) in [6.45, 7) is 2.18. The van der Waals surface area contributed by atoms with Crippen molar-refractivity contribution in [3.63, 3.8) is 0 Å². The van der Waals surface area contributed by atoms with E-state index < -0.39 is 0 Å². The van der Waals surface area contributed by atoms with E-state index in [9.17, 15) is 0 Å². The Morgan fingerprint density at radius 2 is 1.70 bits per heavy atom. The van der Waals surface area contributed by atoms with Gasteiger partial charge >= 0.3 is 0 Å². The lowest BCUT2D eigenvalue weighted by Crippen LogP contribution is -2.26. The average Bonchev–Trinajstić information content (AvgIpc) is 3.14. The van der Waals surface area contributed by atoms with Gasteiger partial charge < -0.3 is 5.32 Å². The minimum absolute atomic E-state index is 0.597. The number of rotatable bonds is 3. The summed E-state index contributed by atoms with van der Waals surface area (Å²) in [4.78, 5) is 13.8. The molecule has 0 unspecified atom stereocenters. The van der Waals surface area contributed by atoms with Gasteiger partial charge in [0.15, 0.2) is 5.82 Å². The molecule has 5 heteroatoms. The Morgan fingerprint density at radius 1 is 0.957 bits per heavy atom. The summed E-state index contributed by atoms with van der Waals surface area (Å²) in [5, 5.41) is 6.77. The van der Waals surface area contributed by atoms with Crippen molar-refractivity contribution in [2.45, 2.75) is 18.8 Å². The van der Waals surface area contributed by atoms with Crippen LogP contribution in [0.5, 0.6) is 0 Å². The molecule has 0 atom stereocenters. The Hall–Kier alpha value is -2.11. The third-order valence-electron chi connectivity index (χ3n) is 4.19. The lowest BCUT2D eigenvalue weighted by Gasteiger charge is -2.20. The molecule has 0 bridgehead atoms. The van der Waals surface area contributed by atoms with Crippen molar-refractivity contribution in [3.05, 3.63) is 53.1 Å². The molecule has 1 aromatic carbocycles. The maximum absolute atomic E-state index is 4.82. The largest absolute Gasteiger partial charge is 0.317 e. The maximum atomic E-state index is 4.82. The zero-order chi connectivity index (χ0) is 15.5. The Morgan fingerprint density at radius 3 is 2.43 bits per heavy atom. The van der Waals surface area contributed by atoms with Gasteiger partial charge in [-0.2, -0.15) is 0 Å². The zero-order valence-corrected chi connectivity index (χ0v) is 13.6. The summed E-state index contributed by atoms with van der Waals surface area (Å²) < 4.78 is 0. The van der Waals surface area contributed by atoms with E-state index in [4.69, 9.17) is 4.98 Å². The molecule has 3 heterocycles. The van der Waals surface area contributed by atoms with Crippen LogP contribution in [0.4, 0.5) is 0 Å². The van der Waals surface area contributed by atoms with Crippen molar-refractivity contribution in [1.29, 1.82) is 0 Å². The normalized spacial score (nSPS) is 15.7. The highest BCUT2D eigenvalue weighted by Gasteiger charge is 2.18. The summed E-state index contributed by atoms with van der Waals surface area (Å²) in [5.41, 5.74) is 3.01. The average molecular weight is 322 g/mol.